The van der Waals surface area contributed by atoms with Crippen LogP contribution in [0.5, 0.6) is 0 Å². The molecule has 0 bridgehead atoms. The van der Waals surface area contributed by atoms with Crippen molar-refractivity contribution in [2.75, 3.05) is 40.9 Å². The molecule has 0 aromatic heterocycles. The van der Waals surface area contributed by atoms with Crippen LogP contribution in [0.15, 0.2) is 97.2 Å². The van der Waals surface area contributed by atoms with Crippen LogP contribution in [0.25, 0.3) is 0 Å². The van der Waals surface area contributed by atoms with Gasteiger partial charge in [-0.2, -0.15) is 0 Å². The Balaban J connectivity index is 4.07. The minimum Gasteiger partial charge on any atom is -0.756 e. The molecule has 0 spiro atoms. The Morgan fingerprint density at radius 2 is 0.753 bits per heavy atom. The summed E-state index contributed by atoms with van der Waals surface area (Å²) in [6.07, 6.45) is 89.4. The topological polar surface area (TPSA) is 108 Å². The van der Waals surface area contributed by atoms with Crippen molar-refractivity contribution < 1.29 is 32.9 Å². The fourth-order valence-corrected chi connectivity index (χ4v) is 10.5. The van der Waals surface area contributed by atoms with Crippen LogP contribution < -0.4 is 10.2 Å². The van der Waals surface area contributed by atoms with E-state index in [1.165, 1.54) is 199 Å². The van der Waals surface area contributed by atoms with Crippen molar-refractivity contribution in [3.8, 4) is 0 Å². The predicted octanol–water partition coefficient (Wildman–Crippen LogP) is 21.1. The summed E-state index contributed by atoms with van der Waals surface area (Å²) in [6, 6.07) is -0.892. The van der Waals surface area contributed by atoms with E-state index in [0.717, 1.165) is 83.5 Å². The lowest BCUT2D eigenvalue weighted by Crippen LogP contribution is -2.45. The second-order valence-corrected chi connectivity index (χ2v) is 25.6. The summed E-state index contributed by atoms with van der Waals surface area (Å²) in [6.45, 7) is 4.56. The van der Waals surface area contributed by atoms with Gasteiger partial charge in [0, 0.05) is 6.42 Å². The first-order valence-electron chi connectivity index (χ1n) is 34.1. The predicted molar refractivity (Wildman–Crippen MR) is 353 cm³/mol. The molecule has 0 radical (unpaired) electrons. The highest BCUT2D eigenvalue weighted by atomic mass is 31.2. The van der Waals surface area contributed by atoms with Crippen molar-refractivity contribution >= 4 is 13.7 Å². The number of rotatable bonds is 62. The molecule has 81 heavy (non-hydrogen) atoms. The number of nitrogens with zero attached hydrogens (tertiary/aromatic N) is 1. The van der Waals surface area contributed by atoms with Crippen LogP contribution in [0.4, 0.5) is 0 Å². The fraction of sp³-hybridized carbons (Fsp3) is 0.764. The van der Waals surface area contributed by atoms with Gasteiger partial charge in [0.15, 0.2) is 0 Å². The lowest BCUT2D eigenvalue weighted by Gasteiger charge is -2.29. The quantitative estimate of drug-likeness (QED) is 0.0272. The first-order chi connectivity index (χ1) is 39.5. The van der Waals surface area contributed by atoms with E-state index >= 15 is 0 Å². The third-order valence-electron chi connectivity index (χ3n) is 15.0. The van der Waals surface area contributed by atoms with E-state index in [0.29, 0.717) is 17.4 Å². The standard InChI is InChI=1S/C72H131N2O6P/c1-6-8-10-12-14-16-18-20-22-24-26-28-30-31-32-33-34-35-36-37-38-39-40-41-42-43-44-46-48-50-52-54-56-58-60-62-64-66-72(76)73-70(69-80-81(77,78)79-68-67-74(3,4)5)71(75)65-63-61-59-57-55-53-51-49-47-45-29-27-25-23-21-19-17-15-13-11-9-7-2/h8,10,14,16,20,22,26,28,31-32,34-35,37-38,63,65,70-71,75H,6-7,9,11-13,15,17-19,21,23-25,27,29-30,33,36,39-62,64,66-69H2,1-5H3,(H-,73,76,77,78)/b10-8-,16-14-,22-20-,28-26-,32-31-,35-34-,38-37-,65-63+. The van der Waals surface area contributed by atoms with Crippen LogP contribution in [0.2, 0.25) is 0 Å². The maximum absolute atomic E-state index is 13.0. The van der Waals surface area contributed by atoms with Gasteiger partial charge in [-0.05, 0) is 77.0 Å². The Kier molecular flexibility index (Phi) is 60.0. The molecular weight excluding hydrogens is 1020 g/mol. The molecule has 0 aliphatic rings. The zero-order chi connectivity index (χ0) is 59.1. The van der Waals surface area contributed by atoms with Gasteiger partial charge in [-0.1, -0.05) is 317 Å². The van der Waals surface area contributed by atoms with E-state index < -0.39 is 20.0 Å². The molecule has 0 aromatic carbocycles. The average Bonchev–Trinajstić information content (AvgIpc) is 3.43. The number of aliphatic hydroxyl groups excluding tert-OH is 1. The Hall–Kier alpha value is -2.58. The van der Waals surface area contributed by atoms with E-state index in [1.807, 2.05) is 27.2 Å². The van der Waals surface area contributed by atoms with Crippen LogP contribution in [-0.4, -0.2) is 68.5 Å². The Morgan fingerprint density at radius 1 is 0.444 bits per heavy atom. The second kappa shape index (κ2) is 62.0. The summed E-state index contributed by atoms with van der Waals surface area (Å²) in [5.74, 6) is -0.197. The smallest absolute Gasteiger partial charge is 0.268 e. The van der Waals surface area contributed by atoms with Gasteiger partial charge in [-0.3, -0.25) is 9.36 Å². The molecule has 0 aliphatic carbocycles. The second-order valence-electron chi connectivity index (χ2n) is 24.2. The summed E-state index contributed by atoms with van der Waals surface area (Å²) in [5.41, 5.74) is 0. The number of allylic oxidation sites excluding steroid dienone is 15. The number of phosphoric acid groups is 1. The summed E-state index contributed by atoms with van der Waals surface area (Å²) in [7, 11) is 1.26. The average molecular weight is 1150 g/mol. The molecule has 8 nitrogen and oxygen atoms in total. The fourth-order valence-electron chi connectivity index (χ4n) is 9.78. The SMILES string of the molecule is CC/C=C\C/C=C\C/C=C\C/C=C\C/C=C\C/C=C\C/C=C\CCCCCCCCCCCCCCCCCC(=O)NC(COP(=O)([O-])OCC[N+](C)(C)C)C(O)/C=C/CCCCCCCCCCCCCCCCCCCCCC. The molecule has 2 N–H and O–H groups in total. The molecule has 0 saturated carbocycles. The molecule has 9 heteroatoms. The molecule has 0 aliphatic heterocycles. The maximum atomic E-state index is 13.0. The van der Waals surface area contributed by atoms with Crippen LogP contribution in [0, 0.1) is 0 Å². The Bertz CT molecular complexity index is 1640. The van der Waals surface area contributed by atoms with Gasteiger partial charge in [0.1, 0.15) is 13.2 Å². The number of carbonyl (C=O) groups excluding carboxylic acids is 1. The van der Waals surface area contributed by atoms with Crippen molar-refractivity contribution in [3.63, 3.8) is 0 Å². The Morgan fingerprint density at radius 3 is 1.10 bits per heavy atom. The number of carbonyl (C=O) groups is 1. The van der Waals surface area contributed by atoms with Crippen LogP contribution in [0.1, 0.15) is 303 Å². The van der Waals surface area contributed by atoms with Gasteiger partial charge in [-0.25, -0.2) is 0 Å². The Labute approximate surface area is 502 Å². The lowest BCUT2D eigenvalue weighted by molar-refractivity contribution is -0.870. The highest BCUT2D eigenvalue weighted by molar-refractivity contribution is 7.45. The van der Waals surface area contributed by atoms with Gasteiger partial charge >= 0.3 is 0 Å². The molecule has 470 valence electrons. The summed E-state index contributed by atoms with van der Waals surface area (Å²) in [4.78, 5) is 25.6. The molecule has 3 atom stereocenters. The molecule has 0 rings (SSSR count). The zero-order valence-electron chi connectivity index (χ0n) is 53.7. The van der Waals surface area contributed by atoms with Gasteiger partial charge < -0.3 is 28.8 Å². The van der Waals surface area contributed by atoms with Crippen molar-refractivity contribution in [2.45, 2.75) is 315 Å². The third kappa shape index (κ3) is 64.8. The normalized spacial score (nSPS) is 14.3. The van der Waals surface area contributed by atoms with E-state index in [4.69, 9.17) is 9.05 Å². The largest absolute Gasteiger partial charge is 0.756 e. The number of nitrogens with one attached hydrogen (secondary N) is 1. The van der Waals surface area contributed by atoms with Gasteiger partial charge in [0.25, 0.3) is 7.82 Å². The van der Waals surface area contributed by atoms with Crippen molar-refractivity contribution in [3.05, 3.63) is 97.2 Å². The highest BCUT2D eigenvalue weighted by Gasteiger charge is 2.23. The number of amides is 1. The number of hydrogen-bond donors (Lipinski definition) is 2. The monoisotopic (exact) mass is 1150 g/mol. The summed E-state index contributed by atoms with van der Waals surface area (Å²) >= 11 is 0. The minimum atomic E-state index is -4.61. The first-order valence-corrected chi connectivity index (χ1v) is 35.6. The third-order valence-corrected chi connectivity index (χ3v) is 16.0. The lowest BCUT2D eigenvalue weighted by atomic mass is 10.0. The number of aliphatic hydroxyl groups is 1. The maximum Gasteiger partial charge on any atom is 0.268 e. The zero-order valence-corrected chi connectivity index (χ0v) is 54.6. The van der Waals surface area contributed by atoms with Crippen LogP contribution >= 0.6 is 7.82 Å². The number of hydrogen-bond acceptors (Lipinski definition) is 6. The van der Waals surface area contributed by atoms with Crippen LogP contribution in [0.3, 0.4) is 0 Å². The van der Waals surface area contributed by atoms with Gasteiger partial charge in [0.2, 0.25) is 5.91 Å². The molecule has 0 aromatic rings. The molecule has 0 fully saturated rings. The number of unbranched alkanes of at least 4 members (excludes halogenated alkanes) is 35. The first kappa shape index (κ1) is 78.4. The van der Waals surface area contributed by atoms with Crippen molar-refractivity contribution in [1.29, 1.82) is 0 Å². The molecule has 3 unspecified atom stereocenters. The number of phosphoric ester groups is 1. The van der Waals surface area contributed by atoms with Crippen molar-refractivity contribution in [2.24, 2.45) is 0 Å². The summed E-state index contributed by atoms with van der Waals surface area (Å²) in [5, 5.41) is 14.0. The molecular formula is C72H131N2O6P. The van der Waals surface area contributed by atoms with Gasteiger partial charge in [0.05, 0.1) is 39.9 Å². The highest BCUT2D eigenvalue weighted by Crippen LogP contribution is 2.38. The van der Waals surface area contributed by atoms with Crippen LogP contribution in [-0.2, 0) is 18.4 Å². The number of quaternary nitrogens is 1. The van der Waals surface area contributed by atoms with E-state index in [9.17, 15) is 19.4 Å². The van der Waals surface area contributed by atoms with E-state index in [1.54, 1.807) is 6.08 Å². The van der Waals surface area contributed by atoms with Gasteiger partial charge in [-0.15, -0.1) is 0 Å². The number of likely N-dealkylation sites (N-methyl/N-ethyl adjacent to an activating group) is 1. The molecule has 1 amide bonds. The minimum absolute atomic E-state index is 0.00309. The molecule has 0 saturated heterocycles. The summed E-state index contributed by atoms with van der Waals surface area (Å²) < 4.78 is 23.4. The molecule has 0 heterocycles. The van der Waals surface area contributed by atoms with E-state index in [2.05, 4.69) is 104 Å². The van der Waals surface area contributed by atoms with E-state index in [-0.39, 0.29) is 19.1 Å². The van der Waals surface area contributed by atoms with Crippen molar-refractivity contribution in [1.82, 2.24) is 5.32 Å².